The molecule has 2 aromatic rings. The average Bonchev–Trinajstić information content (AvgIpc) is 2.35. The molecule has 0 nitrogen and oxygen atoms in total. The van der Waals surface area contributed by atoms with Crippen LogP contribution in [0.15, 0.2) is 42.5 Å². The van der Waals surface area contributed by atoms with Crippen molar-refractivity contribution in [3.05, 3.63) is 69.7 Å². The SMILES string of the molecule is Cc1cc(Cl)c(C(Br)Cc2ccccc2)cc1C. The molecule has 0 saturated heterocycles. The van der Waals surface area contributed by atoms with E-state index < -0.39 is 0 Å². The lowest BCUT2D eigenvalue weighted by molar-refractivity contribution is 0.945. The maximum atomic E-state index is 6.33. The van der Waals surface area contributed by atoms with Gasteiger partial charge in [0.25, 0.3) is 0 Å². The third-order valence-electron chi connectivity index (χ3n) is 3.21. The van der Waals surface area contributed by atoms with E-state index in [4.69, 9.17) is 11.6 Å². The van der Waals surface area contributed by atoms with E-state index in [-0.39, 0.29) is 4.83 Å². The Morgan fingerprint density at radius 1 is 1.06 bits per heavy atom. The van der Waals surface area contributed by atoms with Crippen LogP contribution < -0.4 is 0 Å². The van der Waals surface area contributed by atoms with Gasteiger partial charge in [-0.2, -0.15) is 0 Å². The first-order valence-electron chi connectivity index (χ1n) is 6.02. The molecule has 0 saturated carbocycles. The van der Waals surface area contributed by atoms with Gasteiger partial charge in [-0.25, -0.2) is 0 Å². The summed E-state index contributed by atoms with van der Waals surface area (Å²) >= 11 is 10.1. The third-order valence-corrected chi connectivity index (χ3v) is 4.35. The quantitative estimate of drug-likeness (QED) is 0.642. The standard InChI is InChI=1S/C16H16BrCl/c1-11-8-14(16(18)9-12(11)2)15(17)10-13-6-4-3-5-7-13/h3-9,15H,10H2,1-2H3. The maximum absolute atomic E-state index is 6.33. The largest absolute Gasteiger partial charge is 0.0840 e. The zero-order chi connectivity index (χ0) is 13.1. The second-order valence-corrected chi connectivity index (χ2v) is 6.13. The molecule has 2 aromatic carbocycles. The molecule has 0 aromatic heterocycles. The molecular formula is C16H16BrCl. The Kier molecular flexibility index (Phi) is 4.47. The van der Waals surface area contributed by atoms with Crippen LogP contribution in [0.3, 0.4) is 0 Å². The van der Waals surface area contributed by atoms with Crippen molar-refractivity contribution in [1.82, 2.24) is 0 Å². The molecule has 1 atom stereocenters. The summed E-state index contributed by atoms with van der Waals surface area (Å²) in [6.07, 6.45) is 0.947. The second kappa shape index (κ2) is 5.90. The topological polar surface area (TPSA) is 0 Å². The lowest BCUT2D eigenvalue weighted by Crippen LogP contribution is -1.98. The van der Waals surface area contributed by atoms with E-state index in [2.05, 4.69) is 60.1 Å². The molecule has 0 aliphatic heterocycles. The predicted molar refractivity (Wildman–Crippen MR) is 82.7 cm³/mol. The third kappa shape index (κ3) is 3.15. The molecule has 0 aliphatic rings. The summed E-state index contributed by atoms with van der Waals surface area (Å²) in [6, 6.07) is 14.7. The Bertz CT molecular complexity index is 534. The number of aryl methyl sites for hydroxylation is 2. The first kappa shape index (κ1) is 13.6. The van der Waals surface area contributed by atoms with Crippen molar-refractivity contribution in [2.24, 2.45) is 0 Å². The molecule has 18 heavy (non-hydrogen) atoms. The normalized spacial score (nSPS) is 12.4. The van der Waals surface area contributed by atoms with Gasteiger partial charge in [0.2, 0.25) is 0 Å². The molecule has 0 radical (unpaired) electrons. The monoisotopic (exact) mass is 322 g/mol. The van der Waals surface area contributed by atoms with Gasteiger partial charge >= 0.3 is 0 Å². The van der Waals surface area contributed by atoms with Crippen LogP contribution in [-0.4, -0.2) is 0 Å². The van der Waals surface area contributed by atoms with E-state index in [0.717, 1.165) is 11.4 Å². The zero-order valence-electron chi connectivity index (χ0n) is 10.6. The molecule has 0 bridgehead atoms. The maximum Gasteiger partial charge on any atom is 0.0452 e. The molecule has 0 fully saturated rings. The number of hydrogen-bond donors (Lipinski definition) is 0. The van der Waals surface area contributed by atoms with E-state index >= 15 is 0 Å². The van der Waals surface area contributed by atoms with E-state index in [9.17, 15) is 0 Å². The van der Waals surface area contributed by atoms with Crippen molar-refractivity contribution >= 4 is 27.5 Å². The molecule has 2 heteroatoms. The Labute approximate surface area is 122 Å². The molecule has 0 spiro atoms. The fourth-order valence-corrected chi connectivity index (χ4v) is 3.21. The Morgan fingerprint density at radius 2 is 1.67 bits per heavy atom. The molecule has 2 rings (SSSR count). The minimum Gasteiger partial charge on any atom is -0.0840 e. The summed E-state index contributed by atoms with van der Waals surface area (Å²) < 4.78 is 0. The highest BCUT2D eigenvalue weighted by Crippen LogP contribution is 2.34. The number of benzene rings is 2. The molecule has 94 valence electrons. The van der Waals surface area contributed by atoms with Crippen LogP contribution in [0, 0.1) is 13.8 Å². The minimum atomic E-state index is 0.256. The lowest BCUT2D eigenvalue weighted by Gasteiger charge is -2.14. The summed E-state index contributed by atoms with van der Waals surface area (Å²) in [7, 11) is 0. The van der Waals surface area contributed by atoms with E-state index in [1.54, 1.807) is 0 Å². The van der Waals surface area contributed by atoms with Gasteiger partial charge in [0.1, 0.15) is 0 Å². The first-order chi connectivity index (χ1) is 8.58. The second-order valence-electron chi connectivity index (χ2n) is 4.62. The van der Waals surface area contributed by atoms with Crippen molar-refractivity contribution in [1.29, 1.82) is 0 Å². The van der Waals surface area contributed by atoms with Gasteiger partial charge in [0, 0.05) is 9.85 Å². The van der Waals surface area contributed by atoms with Crippen LogP contribution in [0.2, 0.25) is 5.02 Å². The lowest BCUT2D eigenvalue weighted by atomic mass is 10.0. The first-order valence-corrected chi connectivity index (χ1v) is 7.32. The Morgan fingerprint density at radius 3 is 2.33 bits per heavy atom. The van der Waals surface area contributed by atoms with Crippen LogP contribution in [0.4, 0.5) is 0 Å². The minimum absolute atomic E-state index is 0.256. The molecule has 0 heterocycles. The smallest absolute Gasteiger partial charge is 0.0452 e. The Hall–Kier alpha value is -0.790. The van der Waals surface area contributed by atoms with E-state index in [1.807, 2.05) is 12.1 Å². The van der Waals surface area contributed by atoms with Crippen LogP contribution in [0.5, 0.6) is 0 Å². The van der Waals surface area contributed by atoms with Crippen LogP contribution in [0.1, 0.15) is 27.1 Å². The van der Waals surface area contributed by atoms with E-state index in [1.165, 1.54) is 22.3 Å². The molecule has 0 N–H and O–H groups in total. The average molecular weight is 324 g/mol. The number of hydrogen-bond acceptors (Lipinski definition) is 0. The van der Waals surface area contributed by atoms with Gasteiger partial charge in [-0.15, -0.1) is 0 Å². The van der Waals surface area contributed by atoms with Gasteiger partial charge in [-0.05, 0) is 48.6 Å². The van der Waals surface area contributed by atoms with Gasteiger partial charge in [0.05, 0.1) is 0 Å². The van der Waals surface area contributed by atoms with Gasteiger partial charge in [0.15, 0.2) is 0 Å². The van der Waals surface area contributed by atoms with Crippen molar-refractivity contribution < 1.29 is 0 Å². The summed E-state index contributed by atoms with van der Waals surface area (Å²) in [6.45, 7) is 4.21. The summed E-state index contributed by atoms with van der Waals surface area (Å²) in [5, 5.41) is 0.843. The van der Waals surface area contributed by atoms with Gasteiger partial charge < -0.3 is 0 Å². The van der Waals surface area contributed by atoms with Crippen LogP contribution in [0.25, 0.3) is 0 Å². The molecule has 1 unspecified atom stereocenters. The van der Waals surface area contributed by atoms with E-state index in [0.29, 0.717) is 0 Å². The number of alkyl halides is 1. The molecule has 0 aliphatic carbocycles. The summed E-state index contributed by atoms with van der Waals surface area (Å²) in [5.74, 6) is 0. The highest BCUT2D eigenvalue weighted by Gasteiger charge is 2.13. The fraction of sp³-hybridized carbons (Fsp3) is 0.250. The van der Waals surface area contributed by atoms with Crippen molar-refractivity contribution in [2.75, 3.05) is 0 Å². The summed E-state index contributed by atoms with van der Waals surface area (Å²) in [5.41, 5.74) is 5.01. The zero-order valence-corrected chi connectivity index (χ0v) is 12.9. The molecule has 0 amide bonds. The number of rotatable bonds is 3. The predicted octanol–water partition coefficient (Wildman–Crippen LogP) is 5.64. The fourth-order valence-electron chi connectivity index (χ4n) is 1.97. The van der Waals surface area contributed by atoms with Gasteiger partial charge in [-0.1, -0.05) is 63.9 Å². The summed E-state index contributed by atoms with van der Waals surface area (Å²) in [4.78, 5) is 0.256. The van der Waals surface area contributed by atoms with Crippen molar-refractivity contribution in [2.45, 2.75) is 25.1 Å². The highest BCUT2D eigenvalue weighted by atomic mass is 79.9. The van der Waals surface area contributed by atoms with Crippen molar-refractivity contribution in [3.63, 3.8) is 0 Å². The van der Waals surface area contributed by atoms with Crippen LogP contribution in [-0.2, 0) is 6.42 Å². The number of halogens is 2. The van der Waals surface area contributed by atoms with Crippen molar-refractivity contribution in [3.8, 4) is 0 Å². The van der Waals surface area contributed by atoms with Gasteiger partial charge in [-0.3, -0.25) is 0 Å². The molecular weight excluding hydrogens is 308 g/mol. The van der Waals surface area contributed by atoms with Crippen LogP contribution >= 0.6 is 27.5 Å². The Balaban J connectivity index is 2.24. The highest BCUT2D eigenvalue weighted by molar-refractivity contribution is 9.09.